The number of aryl methyl sites for hydroxylation is 1. The van der Waals surface area contributed by atoms with Gasteiger partial charge < -0.3 is 10.2 Å². The molecular formula is C30H36ClN3O4S2. The van der Waals surface area contributed by atoms with Gasteiger partial charge in [0.05, 0.1) is 10.6 Å². The molecule has 7 nitrogen and oxygen atoms in total. The van der Waals surface area contributed by atoms with Crippen LogP contribution >= 0.6 is 23.4 Å². The van der Waals surface area contributed by atoms with Crippen molar-refractivity contribution in [3.63, 3.8) is 0 Å². The number of halogens is 1. The first-order valence-electron chi connectivity index (χ1n) is 13.0. The Labute approximate surface area is 247 Å². The van der Waals surface area contributed by atoms with Gasteiger partial charge in [-0.15, -0.1) is 11.8 Å². The Morgan fingerprint density at radius 2 is 1.55 bits per heavy atom. The number of nitrogens with zero attached hydrogens (tertiary/aromatic N) is 2. The number of sulfonamides is 1. The van der Waals surface area contributed by atoms with Gasteiger partial charge in [-0.25, -0.2) is 8.42 Å². The van der Waals surface area contributed by atoms with Crippen molar-refractivity contribution >= 4 is 50.9 Å². The maximum Gasteiger partial charge on any atom is 0.264 e. The smallest absolute Gasteiger partial charge is 0.264 e. The third kappa shape index (κ3) is 8.02. The van der Waals surface area contributed by atoms with Gasteiger partial charge >= 0.3 is 0 Å². The lowest BCUT2D eigenvalue weighted by molar-refractivity contribution is -0.140. The third-order valence-corrected chi connectivity index (χ3v) is 9.11. The van der Waals surface area contributed by atoms with Gasteiger partial charge in [-0.05, 0) is 87.5 Å². The van der Waals surface area contributed by atoms with E-state index in [1.54, 1.807) is 72.8 Å². The molecule has 1 N–H and O–H groups in total. The summed E-state index contributed by atoms with van der Waals surface area (Å²) in [5.41, 5.74) is 2.09. The zero-order valence-electron chi connectivity index (χ0n) is 23.4. The maximum absolute atomic E-state index is 14.0. The standard InChI is InChI=1S/C30H36ClN3O4S2/c1-6-28(30(36)32-21(2)3)33(19-23-9-11-24(31)12-10-23)29(35)20-34(25-13-7-22(4)8-14-25)40(37,38)27-17-15-26(39-5)16-18-27/h7-18,21,28H,6,19-20H2,1-5H3,(H,32,36)/t28-/m0/s1. The summed E-state index contributed by atoms with van der Waals surface area (Å²) in [7, 11) is -4.11. The molecule has 0 aliphatic carbocycles. The minimum atomic E-state index is -4.11. The van der Waals surface area contributed by atoms with Crippen LogP contribution in [0, 0.1) is 6.92 Å². The highest BCUT2D eigenvalue weighted by Crippen LogP contribution is 2.27. The van der Waals surface area contributed by atoms with Crippen LogP contribution in [0.3, 0.4) is 0 Å². The van der Waals surface area contributed by atoms with Crippen LogP contribution in [0.4, 0.5) is 5.69 Å². The molecule has 0 spiro atoms. The van der Waals surface area contributed by atoms with Gasteiger partial charge in [-0.1, -0.05) is 48.4 Å². The molecule has 0 radical (unpaired) electrons. The number of amides is 2. The van der Waals surface area contributed by atoms with Crippen molar-refractivity contribution in [2.24, 2.45) is 0 Å². The molecule has 0 bridgehead atoms. The Hall–Kier alpha value is -3.01. The van der Waals surface area contributed by atoms with Crippen molar-refractivity contribution in [1.29, 1.82) is 0 Å². The fourth-order valence-electron chi connectivity index (χ4n) is 4.20. The molecule has 0 heterocycles. The number of nitrogens with one attached hydrogen (secondary N) is 1. The lowest BCUT2D eigenvalue weighted by atomic mass is 10.1. The first kappa shape index (κ1) is 31.5. The van der Waals surface area contributed by atoms with E-state index in [1.807, 2.05) is 34.0 Å². The van der Waals surface area contributed by atoms with Crippen molar-refractivity contribution in [2.45, 2.75) is 62.5 Å². The van der Waals surface area contributed by atoms with Gasteiger partial charge in [0.25, 0.3) is 10.0 Å². The Kier molecular flexibility index (Phi) is 11.1. The van der Waals surface area contributed by atoms with E-state index >= 15 is 0 Å². The maximum atomic E-state index is 14.0. The highest BCUT2D eigenvalue weighted by molar-refractivity contribution is 7.98. The predicted molar refractivity (Wildman–Crippen MR) is 163 cm³/mol. The second-order valence-electron chi connectivity index (χ2n) is 9.76. The average Bonchev–Trinajstić information content (AvgIpc) is 2.92. The number of hydrogen-bond acceptors (Lipinski definition) is 5. The lowest BCUT2D eigenvalue weighted by Crippen LogP contribution is -2.53. The van der Waals surface area contributed by atoms with Gasteiger partial charge in [0.1, 0.15) is 12.6 Å². The molecule has 0 saturated carbocycles. The molecule has 0 aromatic heterocycles. The van der Waals surface area contributed by atoms with Gasteiger partial charge in [0, 0.05) is 22.5 Å². The second kappa shape index (κ2) is 14.1. The molecule has 0 unspecified atom stereocenters. The quantitative estimate of drug-likeness (QED) is 0.261. The van der Waals surface area contributed by atoms with Crippen molar-refractivity contribution < 1.29 is 18.0 Å². The normalized spacial score (nSPS) is 12.2. The lowest BCUT2D eigenvalue weighted by Gasteiger charge is -2.33. The van der Waals surface area contributed by atoms with Gasteiger partial charge in [-0.3, -0.25) is 13.9 Å². The van der Waals surface area contributed by atoms with E-state index in [9.17, 15) is 18.0 Å². The number of carbonyl (C=O) groups is 2. The number of hydrogen-bond donors (Lipinski definition) is 1. The molecule has 0 fully saturated rings. The Morgan fingerprint density at radius 3 is 2.08 bits per heavy atom. The van der Waals surface area contributed by atoms with E-state index in [4.69, 9.17) is 11.6 Å². The number of thioether (sulfide) groups is 1. The topological polar surface area (TPSA) is 86.8 Å². The van der Waals surface area contributed by atoms with Crippen LogP contribution in [0.25, 0.3) is 0 Å². The molecular weight excluding hydrogens is 566 g/mol. The van der Waals surface area contributed by atoms with Crippen LogP contribution in [0.2, 0.25) is 5.02 Å². The summed E-state index contributed by atoms with van der Waals surface area (Å²) in [5, 5.41) is 3.45. The minimum Gasteiger partial charge on any atom is -0.352 e. The number of benzene rings is 3. The summed E-state index contributed by atoms with van der Waals surface area (Å²) in [6.07, 6.45) is 2.26. The zero-order valence-corrected chi connectivity index (χ0v) is 25.8. The summed E-state index contributed by atoms with van der Waals surface area (Å²) in [6.45, 7) is 7.07. The molecule has 0 aliphatic rings. The largest absolute Gasteiger partial charge is 0.352 e. The summed E-state index contributed by atoms with van der Waals surface area (Å²) >= 11 is 7.57. The van der Waals surface area contributed by atoms with Crippen LogP contribution in [-0.4, -0.2) is 50.0 Å². The summed E-state index contributed by atoms with van der Waals surface area (Å²) in [6, 6.07) is 19.6. The van der Waals surface area contributed by atoms with Crippen molar-refractivity contribution in [3.05, 3.63) is 88.9 Å². The van der Waals surface area contributed by atoms with E-state index < -0.39 is 28.5 Å². The molecule has 1 atom stereocenters. The molecule has 3 aromatic rings. The van der Waals surface area contributed by atoms with Crippen LogP contribution in [0.1, 0.15) is 38.3 Å². The van der Waals surface area contributed by atoms with Gasteiger partial charge in [0.15, 0.2) is 0 Å². The fraction of sp³-hybridized carbons (Fsp3) is 0.333. The van der Waals surface area contributed by atoms with E-state index in [-0.39, 0.29) is 23.4 Å². The second-order valence-corrected chi connectivity index (χ2v) is 12.9. The highest BCUT2D eigenvalue weighted by atomic mass is 35.5. The number of anilines is 1. The van der Waals surface area contributed by atoms with Crippen LogP contribution in [-0.2, 0) is 26.2 Å². The molecule has 3 rings (SSSR count). The SMILES string of the molecule is CC[C@@H](C(=O)NC(C)C)N(Cc1ccc(Cl)cc1)C(=O)CN(c1ccc(C)cc1)S(=O)(=O)c1ccc(SC)cc1. The molecule has 40 heavy (non-hydrogen) atoms. The summed E-state index contributed by atoms with van der Waals surface area (Å²) in [5.74, 6) is -0.789. The third-order valence-electron chi connectivity index (χ3n) is 6.33. The van der Waals surface area contributed by atoms with Crippen LogP contribution in [0.5, 0.6) is 0 Å². The number of carbonyl (C=O) groups excluding carboxylic acids is 2. The van der Waals surface area contributed by atoms with Crippen molar-refractivity contribution in [2.75, 3.05) is 17.1 Å². The summed E-state index contributed by atoms with van der Waals surface area (Å²) in [4.78, 5) is 29.7. The van der Waals surface area contributed by atoms with E-state index in [2.05, 4.69) is 5.32 Å². The summed E-state index contributed by atoms with van der Waals surface area (Å²) < 4.78 is 29.0. The monoisotopic (exact) mass is 601 g/mol. The molecule has 3 aromatic carbocycles. The fourth-order valence-corrected chi connectivity index (χ4v) is 6.15. The average molecular weight is 602 g/mol. The number of rotatable bonds is 12. The Morgan fingerprint density at radius 1 is 0.950 bits per heavy atom. The van der Waals surface area contributed by atoms with E-state index in [0.29, 0.717) is 17.1 Å². The predicted octanol–water partition coefficient (Wildman–Crippen LogP) is 5.90. The van der Waals surface area contributed by atoms with Crippen molar-refractivity contribution in [1.82, 2.24) is 10.2 Å². The zero-order chi connectivity index (χ0) is 29.4. The van der Waals surface area contributed by atoms with E-state index in [0.717, 1.165) is 20.3 Å². The highest BCUT2D eigenvalue weighted by Gasteiger charge is 2.33. The van der Waals surface area contributed by atoms with Crippen molar-refractivity contribution in [3.8, 4) is 0 Å². The van der Waals surface area contributed by atoms with Crippen LogP contribution in [0.15, 0.2) is 82.6 Å². The minimum absolute atomic E-state index is 0.0764. The molecule has 2 amide bonds. The molecule has 0 saturated heterocycles. The molecule has 0 aliphatic heterocycles. The van der Waals surface area contributed by atoms with Gasteiger partial charge in [-0.2, -0.15) is 0 Å². The Bertz CT molecular complexity index is 1390. The first-order chi connectivity index (χ1) is 19.0. The van der Waals surface area contributed by atoms with Crippen LogP contribution < -0.4 is 9.62 Å². The Balaban J connectivity index is 2.05. The van der Waals surface area contributed by atoms with Gasteiger partial charge in [0.2, 0.25) is 11.8 Å². The molecule has 10 heteroatoms. The molecule has 214 valence electrons. The van der Waals surface area contributed by atoms with E-state index in [1.165, 1.54) is 16.7 Å². The first-order valence-corrected chi connectivity index (χ1v) is 16.1.